The number of likely N-dealkylation sites (tertiary alicyclic amines) is 1. The maximum absolute atomic E-state index is 12.5. The third kappa shape index (κ3) is 4.56. The maximum Gasteiger partial charge on any atom is 0.234 e. The third-order valence-electron chi connectivity index (χ3n) is 5.75. The minimum Gasteiger partial charge on any atom is -0.352 e. The van der Waals surface area contributed by atoms with Crippen LogP contribution in [0.15, 0.2) is 5.16 Å². The second-order valence-electron chi connectivity index (χ2n) is 7.61. The number of rotatable bonds is 5. The van der Waals surface area contributed by atoms with Crippen LogP contribution in [0.1, 0.15) is 57.2 Å². The van der Waals surface area contributed by atoms with Gasteiger partial charge in [0, 0.05) is 25.6 Å². The molecule has 1 aliphatic heterocycles. The number of hydrogen-bond acceptors (Lipinski definition) is 5. The highest BCUT2D eigenvalue weighted by Gasteiger charge is 2.28. The van der Waals surface area contributed by atoms with Gasteiger partial charge < -0.3 is 9.88 Å². The maximum atomic E-state index is 12.5. The molecule has 6 nitrogen and oxygen atoms in total. The van der Waals surface area contributed by atoms with E-state index >= 15 is 0 Å². The van der Waals surface area contributed by atoms with Crippen LogP contribution in [0.2, 0.25) is 0 Å². The lowest BCUT2D eigenvalue weighted by molar-refractivity contribution is -0.123. The number of nitrogens with zero attached hydrogens (tertiary/aromatic N) is 4. The van der Waals surface area contributed by atoms with Crippen LogP contribution in [0.4, 0.5) is 0 Å². The van der Waals surface area contributed by atoms with Gasteiger partial charge in [-0.15, -0.1) is 10.2 Å². The quantitative estimate of drug-likeness (QED) is 0.812. The van der Waals surface area contributed by atoms with Gasteiger partial charge in [0.25, 0.3) is 0 Å². The fraction of sp³-hybridized carbons (Fsp3) is 0.833. The molecule has 2 heterocycles. The summed E-state index contributed by atoms with van der Waals surface area (Å²) in [7, 11) is 2.04. The van der Waals surface area contributed by atoms with Crippen LogP contribution in [0, 0.1) is 5.92 Å². The number of amides is 1. The van der Waals surface area contributed by atoms with E-state index in [9.17, 15) is 4.79 Å². The molecule has 0 aromatic carbocycles. The molecule has 3 unspecified atom stereocenters. The Morgan fingerprint density at radius 3 is 2.76 bits per heavy atom. The Morgan fingerprint density at radius 1 is 1.24 bits per heavy atom. The van der Waals surface area contributed by atoms with Crippen molar-refractivity contribution in [1.82, 2.24) is 25.0 Å². The molecule has 3 rings (SSSR count). The van der Waals surface area contributed by atoms with Gasteiger partial charge in [-0.25, -0.2) is 0 Å². The second-order valence-corrected chi connectivity index (χ2v) is 8.39. The van der Waals surface area contributed by atoms with E-state index in [-0.39, 0.29) is 5.91 Å². The summed E-state index contributed by atoms with van der Waals surface area (Å²) in [4.78, 5) is 14.8. The minimum atomic E-state index is 0.183. The van der Waals surface area contributed by atoms with E-state index in [1.54, 1.807) is 11.8 Å². The normalized spacial score (nSPS) is 28.0. The van der Waals surface area contributed by atoms with Gasteiger partial charge in [-0.1, -0.05) is 31.5 Å². The molecule has 1 saturated heterocycles. The molecular weight excluding hydrogens is 334 g/mol. The summed E-state index contributed by atoms with van der Waals surface area (Å²) in [6.07, 6.45) is 9.17. The summed E-state index contributed by atoms with van der Waals surface area (Å²) in [6, 6.07) is 0.365. The number of aromatic nitrogens is 3. The van der Waals surface area contributed by atoms with Crippen LogP contribution in [-0.2, 0) is 11.8 Å². The van der Waals surface area contributed by atoms with E-state index in [4.69, 9.17) is 0 Å². The van der Waals surface area contributed by atoms with Crippen LogP contribution in [0.25, 0.3) is 0 Å². The molecule has 25 heavy (non-hydrogen) atoms. The zero-order valence-corrected chi connectivity index (χ0v) is 16.5. The fourth-order valence-electron chi connectivity index (χ4n) is 4.26. The van der Waals surface area contributed by atoms with Crippen molar-refractivity contribution in [2.75, 3.05) is 25.9 Å². The van der Waals surface area contributed by atoms with Crippen LogP contribution in [0.5, 0.6) is 0 Å². The monoisotopic (exact) mass is 365 g/mol. The van der Waals surface area contributed by atoms with E-state index in [1.165, 1.54) is 19.3 Å². The standard InChI is InChI=1S/C18H31N5OS/c1-13-7-4-5-9-15(13)19-16(24)12-23-10-6-8-14(11-23)17-20-21-18(25-3)22(17)2/h13-15H,4-12H2,1-3H3,(H,19,24). The van der Waals surface area contributed by atoms with Crippen molar-refractivity contribution >= 4 is 17.7 Å². The van der Waals surface area contributed by atoms with Gasteiger partial charge in [-0.05, 0) is 44.4 Å². The van der Waals surface area contributed by atoms with Gasteiger partial charge in [0.15, 0.2) is 5.16 Å². The number of thioether (sulfide) groups is 1. The summed E-state index contributed by atoms with van der Waals surface area (Å²) in [6.45, 7) is 4.66. The molecule has 1 saturated carbocycles. The topological polar surface area (TPSA) is 63.1 Å². The summed E-state index contributed by atoms with van der Waals surface area (Å²) in [5.74, 6) is 2.21. The molecule has 3 atom stereocenters. The number of carbonyl (C=O) groups is 1. The first-order chi connectivity index (χ1) is 12.1. The summed E-state index contributed by atoms with van der Waals surface area (Å²) < 4.78 is 2.10. The molecule has 2 aliphatic rings. The van der Waals surface area contributed by atoms with E-state index in [2.05, 4.69) is 31.9 Å². The molecule has 1 aromatic heterocycles. The fourth-order valence-corrected chi connectivity index (χ4v) is 4.75. The Morgan fingerprint density at radius 2 is 2.04 bits per heavy atom. The second kappa shape index (κ2) is 8.54. The minimum absolute atomic E-state index is 0.183. The van der Waals surface area contributed by atoms with Crippen LogP contribution in [0.3, 0.4) is 0 Å². The number of nitrogens with one attached hydrogen (secondary N) is 1. The first-order valence-corrected chi connectivity index (χ1v) is 10.8. The third-order valence-corrected chi connectivity index (χ3v) is 6.47. The van der Waals surface area contributed by atoms with Crippen molar-refractivity contribution in [2.45, 2.75) is 62.6 Å². The van der Waals surface area contributed by atoms with Gasteiger partial charge in [-0.2, -0.15) is 0 Å². The SMILES string of the molecule is CSc1nnc(C2CCCN(CC(=O)NC3CCCCC3C)C2)n1C. The molecule has 2 fully saturated rings. The Hall–Kier alpha value is -1.08. The van der Waals surface area contributed by atoms with E-state index in [0.717, 1.165) is 43.3 Å². The van der Waals surface area contributed by atoms with Crippen LogP contribution < -0.4 is 5.32 Å². The highest BCUT2D eigenvalue weighted by atomic mass is 32.2. The van der Waals surface area contributed by atoms with Gasteiger partial charge in [-0.3, -0.25) is 9.69 Å². The lowest BCUT2D eigenvalue weighted by atomic mass is 9.86. The number of piperidine rings is 1. The Balaban J connectivity index is 1.54. The molecule has 0 radical (unpaired) electrons. The zero-order valence-electron chi connectivity index (χ0n) is 15.7. The van der Waals surface area contributed by atoms with Crippen molar-refractivity contribution in [3.63, 3.8) is 0 Å². The summed E-state index contributed by atoms with van der Waals surface area (Å²) >= 11 is 1.62. The van der Waals surface area contributed by atoms with Gasteiger partial charge >= 0.3 is 0 Å². The lowest BCUT2D eigenvalue weighted by Gasteiger charge is -2.33. The molecule has 140 valence electrons. The molecule has 7 heteroatoms. The van der Waals surface area contributed by atoms with Crippen molar-refractivity contribution in [3.8, 4) is 0 Å². The number of carbonyl (C=O) groups excluding carboxylic acids is 1. The van der Waals surface area contributed by atoms with E-state index in [1.807, 2.05) is 13.3 Å². The Kier molecular flexibility index (Phi) is 6.39. The molecule has 1 aliphatic carbocycles. The first-order valence-electron chi connectivity index (χ1n) is 9.53. The molecule has 1 amide bonds. The van der Waals surface area contributed by atoms with Crippen molar-refractivity contribution in [3.05, 3.63) is 5.82 Å². The van der Waals surface area contributed by atoms with E-state index < -0.39 is 0 Å². The van der Waals surface area contributed by atoms with Crippen molar-refractivity contribution in [1.29, 1.82) is 0 Å². The highest BCUT2D eigenvalue weighted by molar-refractivity contribution is 7.98. The predicted octanol–water partition coefficient (Wildman–Crippen LogP) is 2.41. The average Bonchev–Trinajstić information content (AvgIpc) is 2.98. The van der Waals surface area contributed by atoms with Crippen LogP contribution in [-0.4, -0.2) is 57.5 Å². The Bertz CT molecular complexity index is 590. The smallest absolute Gasteiger partial charge is 0.234 e. The molecule has 1 aromatic rings. The molecule has 0 bridgehead atoms. The van der Waals surface area contributed by atoms with Gasteiger partial charge in [0.05, 0.1) is 6.54 Å². The zero-order chi connectivity index (χ0) is 17.8. The van der Waals surface area contributed by atoms with Crippen molar-refractivity contribution < 1.29 is 4.79 Å². The van der Waals surface area contributed by atoms with E-state index in [0.29, 0.717) is 24.4 Å². The summed E-state index contributed by atoms with van der Waals surface area (Å²) in [5.41, 5.74) is 0. The number of hydrogen-bond donors (Lipinski definition) is 1. The molecule has 1 N–H and O–H groups in total. The summed E-state index contributed by atoms with van der Waals surface area (Å²) in [5, 5.41) is 12.9. The predicted molar refractivity (Wildman–Crippen MR) is 101 cm³/mol. The molecular formula is C18H31N5OS. The van der Waals surface area contributed by atoms with Gasteiger partial charge in [0.2, 0.25) is 5.91 Å². The average molecular weight is 366 g/mol. The Labute approximate surface area is 155 Å². The van der Waals surface area contributed by atoms with Crippen LogP contribution >= 0.6 is 11.8 Å². The molecule has 0 spiro atoms. The first kappa shape index (κ1) is 18.7. The lowest BCUT2D eigenvalue weighted by Crippen LogP contribution is -2.47. The largest absolute Gasteiger partial charge is 0.352 e. The van der Waals surface area contributed by atoms with Gasteiger partial charge in [0.1, 0.15) is 5.82 Å². The van der Waals surface area contributed by atoms with Crippen molar-refractivity contribution in [2.24, 2.45) is 13.0 Å². The highest BCUT2D eigenvalue weighted by Crippen LogP contribution is 2.27.